The molecule has 0 saturated carbocycles. The highest BCUT2D eigenvalue weighted by Crippen LogP contribution is 2.36. The van der Waals surface area contributed by atoms with Crippen LogP contribution < -0.4 is 10.6 Å². The highest BCUT2D eigenvalue weighted by Gasteiger charge is 2.35. The number of para-hydroxylation sites is 1. The monoisotopic (exact) mass is 422 g/mol. The highest BCUT2D eigenvalue weighted by molar-refractivity contribution is 6.05. The molecule has 0 spiro atoms. The van der Waals surface area contributed by atoms with Crippen LogP contribution in [0.3, 0.4) is 0 Å². The molecule has 0 radical (unpaired) electrons. The van der Waals surface area contributed by atoms with Crippen molar-refractivity contribution in [2.45, 2.75) is 19.9 Å². The van der Waals surface area contributed by atoms with Crippen LogP contribution in [-0.2, 0) is 4.79 Å². The number of carbonyl (C=O) groups excluding carboxylic acids is 1. The third-order valence-corrected chi connectivity index (χ3v) is 5.37. The van der Waals surface area contributed by atoms with Gasteiger partial charge in [-0.3, -0.25) is 9.78 Å². The molecular formula is C25H22N6O. The van der Waals surface area contributed by atoms with Crippen molar-refractivity contribution in [3.05, 3.63) is 102 Å². The van der Waals surface area contributed by atoms with E-state index < -0.39 is 6.04 Å². The molecule has 158 valence electrons. The van der Waals surface area contributed by atoms with Gasteiger partial charge >= 0.3 is 0 Å². The normalized spacial score (nSPS) is 15.1. The van der Waals surface area contributed by atoms with E-state index in [4.69, 9.17) is 10.1 Å². The maximum absolute atomic E-state index is 13.4. The molecular weight excluding hydrogens is 400 g/mol. The number of hydrogen-bond acceptors (Lipinski definition) is 5. The van der Waals surface area contributed by atoms with Crippen LogP contribution in [0.2, 0.25) is 0 Å². The quantitative estimate of drug-likeness (QED) is 0.503. The molecule has 1 amide bonds. The molecule has 1 unspecified atom stereocenters. The van der Waals surface area contributed by atoms with Gasteiger partial charge in [-0.2, -0.15) is 4.98 Å². The van der Waals surface area contributed by atoms with Crippen molar-refractivity contribution < 1.29 is 4.79 Å². The molecule has 4 aromatic rings. The number of aryl methyl sites for hydroxylation is 1. The molecule has 0 fully saturated rings. The summed E-state index contributed by atoms with van der Waals surface area (Å²) in [5.74, 6) is 0.954. The highest BCUT2D eigenvalue weighted by atomic mass is 16.1. The molecule has 0 bridgehead atoms. The maximum atomic E-state index is 13.4. The Morgan fingerprint density at radius 3 is 2.56 bits per heavy atom. The third-order valence-electron chi connectivity index (χ3n) is 5.37. The van der Waals surface area contributed by atoms with Crippen LogP contribution in [0.1, 0.15) is 24.2 Å². The average Bonchev–Trinajstić information content (AvgIpc) is 3.23. The minimum Gasteiger partial charge on any atom is -0.328 e. The van der Waals surface area contributed by atoms with Crippen molar-refractivity contribution in [3.8, 4) is 11.4 Å². The zero-order chi connectivity index (χ0) is 22.1. The van der Waals surface area contributed by atoms with Crippen molar-refractivity contribution in [2.75, 3.05) is 10.6 Å². The number of carbonyl (C=O) groups is 1. The van der Waals surface area contributed by atoms with E-state index in [1.807, 2.05) is 86.6 Å². The lowest BCUT2D eigenvalue weighted by Crippen LogP contribution is -2.32. The first-order chi connectivity index (χ1) is 15.6. The summed E-state index contributed by atoms with van der Waals surface area (Å²) in [4.78, 5) is 22.6. The maximum Gasteiger partial charge on any atom is 0.255 e. The third kappa shape index (κ3) is 3.65. The second kappa shape index (κ2) is 8.11. The first-order valence-corrected chi connectivity index (χ1v) is 10.4. The Labute approximate surface area is 185 Å². The topological polar surface area (TPSA) is 84.7 Å². The van der Waals surface area contributed by atoms with Crippen LogP contribution in [-0.4, -0.2) is 25.7 Å². The fourth-order valence-electron chi connectivity index (χ4n) is 3.88. The molecule has 2 N–H and O–H groups in total. The first-order valence-electron chi connectivity index (χ1n) is 10.4. The van der Waals surface area contributed by atoms with Gasteiger partial charge in [0.05, 0.1) is 11.3 Å². The molecule has 32 heavy (non-hydrogen) atoms. The van der Waals surface area contributed by atoms with Gasteiger partial charge in [-0.05, 0) is 44.2 Å². The summed E-state index contributed by atoms with van der Waals surface area (Å²) in [6.07, 6.45) is 1.72. The minimum atomic E-state index is -0.512. The summed E-state index contributed by atoms with van der Waals surface area (Å²) in [5, 5.41) is 11.0. The lowest BCUT2D eigenvalue weighted by Gasteiger charge is -2.28. The summed E-state index contributed by atoms with van der Waals surface area (Å²) in [6.45, 7) is 3.91. The molecule has 7 heteroatoms. The minimum absolute atomic E-state index is 0.213. The van der Waals surface area contributed by atoms with Crippen molar-refractivity contribution >= 4 is 17.5 Å². The lowest BCUT2D eigenvalue weighted by atomic mass is 9.98. The molecule has 1 aliphatic heterocycles. The predicted octanol–water partition coefficient (Wildman–Crippen LogP) is 4.58. The summed E-state index contributed by atoms with van der Waals surface area (Å²) in [6, 6.07) is 22.6. The van der Waals surface area contributed by atoms with Crippen LogP contribution in [0, 0.1) is 6.92 Å². The molecule has 7 nitrogen and oxygen atoms in total. The number of pyridine rings is 1. The van der Waals surface area contributed by atoms with Gasteiger partial charge in [0.2, 0.25) is 5.95 Å². The summed E-state index contributed by atoms with van der Waals surface area (Å²) >= 11 is 0. The van der Waals surface area contributed by atoms with Gasteiger partial charge in [0.15, 0.2) is 5.82 Å². The Morgan fingerprint density at radius 2 is 1.81 bits per heavy atom. The summed E-state index contributed by atoms with van der Waals surface area (Å²) in [5.41, 5.74) is 4.74. The SMILES string of the molecule is CC1=C(C(=O)Nc2ccccc2)C(c2ccccn2)n2nc(-c3cccc(C)c3)nc2N1. The van der Waals surface area contributed by atoms with E-state index in [1.54, 1.807) is 10.9 Å². The van der Waals surface area contributed by atoms with Gasteiger partial charge in [0, 0.05) is 23.1 Å². The van der Waals surface area contributed by atoms with Crippen molar-refractivity contribution in [1.29, 1.82) is 0 Å². The second-order valence-corrected chi connectivity index (χ2v) is 7.71. The number of nitrogens with zero attached hydrogens (tertiary/aromatic N) is 4. The number of amides is 1. The van der Waals surface area contributed by atoms with Gasteiger partial charge in [-0.25, -0.2) is 4.68 Å². The number of fused-ring (bicyclic) bond motifs is 1. The number of aromatic nitrogens is 4. The standard InChI is InChI=1S/C25H22N6O/c1-16-9-8-10-18(15-16)23-29-25-27-17(2)21(24(32)28-19-11-4-3-5-12-19)22(31(25)30-23)20-13-6-7-14-26-20/h3-15,22H,1-2H3,(H,28,32)(H,27,29,30). The Kier molecular flexibility index (Phi) is 4.99. The fraction of sp³-hybridized carbons (Fsp3) is 0.120. The van der Waals surface area contributed by atoms with E-state index in [0.717, 1.165) is 16.8 Å². The second-order valence-electron chi connectivity index (χ2n) is 7.71. The number of benzene rings is 2. The number of anilines is 2. The summed E-state index contributed by atoms with van der Waals surface area (Å²) < 4.78 is 1.74. The Morgan fingerprint density at radius 1 is 1.00 bits per heavy atom. The number of hydrogen-bond donors (Lipinski definition) is 2. The summed E-state index contributed by atoms with van der Waals surface area (Å²) in [7, 11) is 0. The Bertz CT molecular complexity index is 1310. The zero-order valence-corrected chi connectivity index (χ0v) is 17.8. The molecule has 0 saturated heterocycles. The van der Waals surface area contributed by atoms with Crippen LogP contribution in [0.25, 0.3) is 11.4 Å². The largest absolute Gasteiger partial charge is 0.328 e. The van der Waals surface area contributed by atoms with E-state index in [0.29, 0.717) is 28.7 Å². The van der Waals surface area contributed by atoms with E-state index in [2.05, 4.69) is 15.6 Å². The van der Waals surface area contributed by atoms with Gasteiger partial charge in [0.25, 0.3) is 5.91 Å². The predicted molar refractivity (Wildman–Crippen MR) is 124 cm³/mol. The van der Waals surface area contributed by atoms with E-state index >= 15 is 0 Å². The number of rotatable bonds is 4. The van der Waals surface area contributed by atoms with Gasteiger partial charge in [0.1, 0.15) is 6.04 Å². The van der Waals surface area contributed by atoms with Crippen molar-refractivity contribution in [1.82, 2.24) is 19.7 Å². The molecule has 1 aliphatic rings. The average molecular weight is 422 g/mol. The van der Waals surface area contributed by atoms with Gasteiger partial charge in [-0.15, -0.1) is 5.10 Å². The van der Waals surface area contributed by atoms with Crippen LogP contribution >= 0.6 is 0 Å². The van der Waals surface area contributed by atoms with E-state index in [-0.39, 0.29) is 5.91 Å². The lowest BCUT2D eigenvalue weighted by molar-refractivity contribution is -0.113. The van der Waals surface area contributed by atoms with Crippen LogP contribution in [0.15, 0.2) is 90.3 Å². The molecule has 2 aromatic heterocycles. The Balaban J connectivity index is 1.60. The fourth-order valence-corrected chi connectivity index (χ4v) is 3.88. The number of allylic oxidation sites excluding steroid dienone is 1. The van der Waals surface area contributed by atoms with Gasteiger partial charge < -0.3 is 10.6 Å². The zero-order valence-electron chi connectivity index (χ0n) is 17.8. The molecule has 2 aromatic carbocycles. The number of nitrogens with one attached hydrogen (secondary N) is 2. The molecule has 0 aliphatic carbocycles. The van der Waals surface area contributed by atoms with E-state index in [9.17, 15) is 4.79 Å². The molecule has 1 atom stereocenters. The van der Waals surface area contributed by atoms with Gasteiger partial charge in [-0.1, -0.05) is 48.0 Å². The van der Waals surface area contributed by atoms with Crippen molar-refractivity contribution in [3.63, 3.8) is 0 Å². The van der Waals surface area contributed by atoms with E-state index in [1.165, 1.54) is 0 Å². The van der Waals surface area contributed by atoms with Crippen LogP contribution in [0.4, 0.5) is 11.6 Å². The van der Waals surface area contributed by atoms with Crippen molar-refractivity contribution in [2.24, 2.45) is 0 Å². The van der Waals surface area contributed by atoms with Crippen LogP contribution in [0.5, 0.6) is 0 Å². The smallest absolute Gasteiger partial charge is 0.255 e. The first kappa shape index (κ1) is 19.7. The Hall–Kier alpha value is -4.26. The molecule has 5 rings (SSSR count). The molecule has 3 heterocycles.